The van der Waals surface area contributed by atoms with Gasteiger partial charge in [-0.15, -0.1) is 0 Å². The van der Waals surface area contributed by atoms with Crippen molar-refractivity contribution in [3.05, 3.63) is 24.0 Å². The number of methoxy groups -OCH3 is 1. The van der Waals surface area contributed by atoms with E-state index in [1.807, 2.05) is 0 Å². The Labute approximate surface area is 133 Å². The Bertz CT molecular complexity index is 670. The summed E-state index contributed by atoms with van der Waals surface area (Å²) in [4.78, 5) is 10.3. The molecule has 0 spiro atoms. The van der Waals surface area contributed by atoms with E-state index in [0.717, 1.165) is 12.1 Å². The zero-order chi connectivity index (χ0) is 17.0. The molecular weight excluding hydrogens is 329 g/mol. The van der Waals surface area contributed by atoms with E-state index in [1.165, 1.54) is 17.5 Å². The lowest BCUT2D eigenvalue weighted by Gasteiger charge is -2.31. The average molecular weight is 347 g/mol. The summed E-state index contributed by atoms with van der Waals surface area (Å²) in [6.07, 6.45) is 0.459. The van der Waals surface area contributed by atoms with Crippen LogP contribution in [0.1, 0.15) is 12.8 Å². The van der Waals surface area contributed by atoms with Gasteiger partial charge in [-0.1, -0.05) is 0 Å². The molecular formula is C14H18FNO6S. The summed E-state index contributed by atoms with van der Waals surface area (Å²) in [6, 6.07) is 3.33. The topological polar surface area (TPSA) is 93.1 Å². The number of ether oxygens (including phenoxy) is 2. The standard InChI is InChI=1S/C14H18FNO6S/c1-21-12-3-2-10(15)8-13(12)23(19,20)16-6-4-11(5-7-16)22-9-14(17)18/h2-3,8,11H,4-7,9H2,1H3,(H,17,18). The number of benzene rings is 1. The van der Waals surface area contributed by atoms with Crippen molar-refractivity contribution in [2.75, 3.05) is 26.8 Å². The molecule has 1 N–H and O–H groups in total. The SMILES string of the molecule is COc1ccc(F)cc1S(=O)(=O)N1CCC(OCC(=O)O)CC1. The van der Waals surface area contributed by atoms with Crippen molar-refractivity contribution in [2.45, 2.75) is 23.8 Å². The Morgan fingerprint density at radius 3 is 2.61 bits per heavy atom. The van der Waals surface area contributed by atoms with E-state index >= 15 is 0 Å². The predicted octanol–water partition coefficient (Wildman–Crippen LogP) is 1.09. The Morgan fingerprint density at radius 2 is 2.04 bits per heavy atom. The maximum Gasteiger partial charge on any atom is 0.329 e. The molecule has 0 aliphatic carbocycles. The fraction of sp³-hybridized carbons (Fsp3) is 0.500. The van der Waals surface area contributed by atoms with E-state index in [4.69, 9.17) is 14.6 Å². The number of carboxylic acid groups (broad SMARTS) is 1. The summed E-state index contributed by atoms with van der Waals surface area (Å²) in [6.45, 7) is -0.0618. The molecule has 1 aromatic carbocycles. The third kappa shape index (κ3) is 4.18. The van der Waals surface area contributed by atoms with Gasteiger partial charge in [-0.25, -0.2) is 17.6 Å². The molecule has 0 atom stereocenters. The molecule has 0 saturated carbocycles. The third-order valence-corrected chi connectivity index (χ3v) is 5.51. The van der Waals surface area contributed by atoms with Crippen LogP contribution in [-0.2, 0) is 19.6 Å². The minimum Gasteiger partial charge on any atom is -0.495 e. The fourth-order valence-electron chi connectivity index (χ4n) is 2.42. The summed E-state index contributed by atoms with van der Waals surface area (Å²) in [5, 5.41) is 8.58. The second kappa shape index (κ2) is 7.24. The summed E-state index contributed by atoms with van der Waals surface area (Å²) in [5.41, 5.74) is 0. The molecule has 128 valence electrons. The third-order valence-electron chi connectivity index (χ3n) is 3.59. The molecule has 0 radical (unpaired) electrons. The van der Waals surface area contributed by atoms with Crippen LogP contribution in [0.4, 0.5) is 4.39 Å². The zero-order valence-corrected chi connectivity index (χ0v) is 13.4. The molecule has 23 heavy (non-hydrogen) atoms. The lowest BCUT2D eigenvalue weighted by atomic mass is 10.1. The van der Waals surface area contributed by atoms with Crippen molar-refractivity contribution in [1.82, 2.24) is 4.31 Å². The first-order valence-electron chi connectivity index (χ1n) is 7.01. The van der Waals surface area contributed by atoms with Gasteiger partial charge < -0.3 is 14.6 Å². The zero-order valence-electron chi connectivity index (χ0n) is 12.6. The van der Waals surface area contributed by atoms with E-state index in [2.05, 4.69) is 0 Å². The largest absolute Gasteiger partial charge is 0.495 e. The van der Waals surface area contributed by atoms with Crippen LogP contribution in [0.15, 0.2) is 23.1 Å². The second-order valence-electron chi connectivity index (χ2n) is 5.10. The van der Waals surface area contributed by atoms with E-state index in [1.54, 1.807) is 0 Å². The lowest BCUT2D eigenvalue weighted by Crippen LogP contribution is -2.41. The molecule has 1 fully saturated rings. The van der Waals surface area contributed by atoms with Gasteiger partial charge in [-0.2, -0.15) is 4.31 Å². The summed E-state index contributed by atoms with van der Waals surface area (Å²) >= 11 is 0. The minimum absolute atomic E-state index is 0.0793. The van der Waals surface area contributed by atoms with Gasteiger partial charge in [-0.3, -0.25) is 0 Å². The Kier molecular flexibility index (Phi) is 5.55. The highest BCUT2D eigenvalue weighted by atomic mass is 32.2. The number of hydrogen-bond acceptors (Lipinski definition) is 5. The number of hydrogen-bond donors (Lipinski definition) is 1. The minimum atomic E-state index is -3.89. The molecule has 1 aliphatic rings. The molecule has 0 aromatic heterocycles. The normalized spacial score (nSPS) is 17.1. The number of carboxylic acids is 1. The summed E-state index contributed by atoms with van der Waals surface area (Å²) in [5.74, 6) is -1.65. The van der Waals surface area contributed by atoms with Crippen LogP contribution in [0.2, 0.25) is 0 Å². The predicted molar refractivity (Wildman–Crippen MR) is 78.3 cm³/mol. The van der Waals surface area contributed by atoms with Gasteiger partial charge in [0.2, 0.25) is 10.0 Å². The summed E-state index contributed by atoms with van der Waals surface area (Å²) in [7, 11) is -2.57. The van der Waals surface area contributed by atoms with Crippen molar-refractivity contribution < 1.29 is 32.2 Å². The number of nitrogens with zero attached hydrogens (tertiary/aromatic N) is 1. The first-order chi connectivity index (χ1) is 10.8. The lowest BCUT2D eigenvalue weighted by molar-refractivity contribution is -0.145. The molecule has 1 saturated heterocycles. The number of piperidine rings is 1. The van der Waals surface area contributed by atoms with Gasteiger partial charge in [0, 0.05) is 13.1 Å². The number of halogens is 1. The summed E-state index contributed by atoms with van der Waals surface area (Å²) < 4.78 is 50.1. The molecule has 1 aromatic rings. The van der Waals surface area contributed by atoms with Gasteiger partial charge in [-0.05, 0) is 31.0 Å². The van der Waals surface area contributed by atoms with Gasteiger partial charge in [0.1, 0.15) is 23.1 Å². The van der Waals surface area contributed by atoms with Crippen LogP contribution >= 0.6 is 0 Å². The van der Waals surface area contributed by atoms with Gasteiger partial charge in [0.25, 0.3) is 0 Å². The Hall–Kier alpha value is -1.71. The van der Waals surface area contributed by atoms with Crippen LogP contribution in [-0.4, -0.2) is 56.7 Å². The van der Waals surface area contributed by atoms with Crippen molar-refractivity contribution in [1.29, 1.82) is 0 Å². The van der Waals surface area contributed by atoms with Crippen molar-refractivity contribution >= 4 is 16.0 Å². The van der Waals surface area contributed by atoms with Crippen molar-refractivity contribution in [2.24, 2.45) is 0 Å². The van der Waals surface area contributed by atoms with Crippen LogP contribution < -0.4 is 4.74 Å². The number of carbonyl (C=O) groups is 1. The Balaban J connectivity index is 2.10. The monoisotopic (exact) mass is 347 g/mol. The fourth-order valence-corrected chi connectivity index (χ4v) is 4.06. The highest BCUT2D eigenvalue weighted by Gasteiger charge is 2.32. The van der Waals surface area contributed by atoms with E-state index in [-0.39, 0.29) is 29.8 Å². The van der Waals surface area contributed by atoms with Crippen LogP contribution in [0.5, 0.6) is 5.75 Å². The molecule has 0 unspecified atom stereocenters. The number of aliphatic carboxylic acids is 1. The first-order valence-corrected chi connectivity index (χ1v) is 8.45. The van der Waals surface area contributed by atoms with E-state index in [0.29, 0.717) is 12.8 Å². The van der Waals surface area contributed by atoms with Crippen LogP contribution in [0.3, 0.4) is 0 Å². The maximum absolute atomic E-state index is 13.4. The Morgan fingerprint density at radius 1 is 1.39 bits per heavy atom. The molecule has 1 aliphatic heterocycles. The molecule has 9 heteroatoms. The average Bonchev–Trinajstić information content (AvgIpc) is 2.53. The molecule has 0 amide bonds. The highest BCUT2D eigenvalue weighted by Crippen LogP contribution is 2.29. The van der Waals surface area contributed by atoms with Gasteiger partial charge >= 0.3 is 5.97 Å². The number of rotatable bonds is 6. The molecule has 1 heterocycles. The molecule has 7 nitrogen and oxygen atoms in total. The van der Waals surface area contributed by atoms with Crippen molar-refractivity contribution in [3.63, 3.8) is 0 Å². The van der Waals surface area contributed by atoms with E-state index in [9.17, 15) is 17.6 Å². The molecule has 0 bridgehead atoms. The van der Waals surface area contributed by atoms with Crippen LogP contribution in [0, 0.1) is 5.82 Å². The molecule has 2 rings (SSSR count). The number of sulfonamides is 1. The van der Waals surface area contributed by atoms with Crippen LogP contribution in [0.25, 0.3) is 0 Å². The smallest absolute Gasteiger partial charge is 0.329 e. The highest BCUT2D eigenvalue weighted by molar-refractivity contribution is 7.89. The van der Waals surface area contributed by atoms with Gasteiger partial charge in [0.05, 0.1) is 13.2 Å². The van der Waals surface area contributed by atoms with Gasteiger partial charge in [0.15, 0.2) is 0 Å². The van der Waals surface area contributed by atoms with Crippen molar-refractivity contribution in [3.8, 4) is 5.75 Å². The maximum atomic E-state index is 13.4. The first kappa shape index (κ1) is 17.6. The quantitative estimate of drug-likeness (QED) is 0.828. The second-order valence-corrected chi connectivity index (χ2v) is 7.01. The van der Waals surface area contributed by atoms with E-state index < -0.39 is 28.4 Å².